The first-order valence-corrected chi connectivity index (χ1v) is 14.1. The Hall–Kier alpha value is -1.77. The molecular weight excluding hydrogens is 537 g/mol. The van der Waals surface area contributed by atoms with E-state index >= 15 is 0 Å². The van der Waals surface area contributed by atoms with E-state index in [0.717, 1.165) is 16.8 Å². The lowest BCUT2D eigenvalue weighted by atomic mass is 10.2. The Morgan fingerprint density at radius 2 is 1.60 bits per heavy atom. The van der Waals surface area contributed by atoms with Crippen molar-refractivity contribution in [1.29, 1.82) is 0 Å². The molecule has 1 aromatic heterocycles. The van der Waals surface area contributed by atoms with Gasteiger partial charge in [-0.3, -0.25) is 23.4 Å². The first kappa shape index (κ1) is 27.8. The molecule has 3 rings (SSSR count). The molecule has 1 aromatic carbocycles. The fourth-order valence-electron chi connectivity index (χ4n) is 2.91. The molecule has 0 radical (unpaired) electrons. The summed E-state index contributed by atoms with van der Waals surface area (Å²) in [6, 6.07) is 8.98. The number of phosphoric ester groups is 2. The Morgan fingerprint density at radius 1 is 0.971 bits per heavy atom. The van der Waals surface area contributed by atoms with Gasteiger partial charge < -0.3 is 24.5 Å². The molecule has 2 heterocycles. The van der Waals surface area contributed by atoms with Crippen molar-refractivity contribution >= 4 is 23.5 Å². The molecule has 1 aliphatic heterocycles. The van der Waals surface area contributed by atoms with Gasteiger partial charge in [0.25, 0.3) is 5.56 Å². The van der Waals surface area contributed by atoms with E-state index in [-0.39, 0.29) is 6.42 Å². The molecule has 0 bridgehead atoms. The van der Waals surface area contributed by atoms with E-state index in [0.29, 0.717) is 5.56 Å². The van der Waals surface area contributed by atoms with E-state index in [1.54, 1.807) is 18.2 Å². The molecule has 1 saturated heterocycles. The van der Waals surface area contributed by atoms with Crippen LogP contribution in [0.25, 0.3) is 0 Å². The van der Waals surface area contributed by atoms with Crippen molar-refractivity contribution < 1.29 is 55.9 Å². The number of hydrogen-bond acceptors (Lipinski definition) is 11. The van der Waals surface area contributed by atoms with Crippen LogP contribution in [-0.2, 0) is 42.7 Å². The minimum absolute atomic E-state index is 0.162. The number of aliphatic hydroxyl groups is 1. The molecule has 1 fully saturated rings. The highest BCUT2D eigenvalue weighted by molar-refractivity contribution is 7.66. The zero-order chi connectivity index (χ0) is 25.9. The van der Waals surface area contributed by atoms with E-state index in [1.807, 2.05) is 4.98 Å². The van der Waals surface area contributed by atoms with E-state index in [4.69, 9.17) is 4.74 Å². The summed E-state index contributed by atoms with van der Waals surface area (Å²) in [4.78, 5) is 53.9. The maximum atomic E-state index is 12.1. The Labute approximate surface area is 196 Å². The second kappa shape index (κ2) is 11.1. The van der Waals surface area contributed by atoms with Gasteiger partial charge in [0.2, 0.25) is 0 Å². The van der Waals surface area contributed by atoms with E-state index in [9.17, 15) is 43.1 Å². The van der Waals surface area contributed by atoms with Crippen molar-refractivity contribution in [3.8, 4) is 0 Å². The summed E-state index contributed by atoms with van der Waals surface area (Å²) in [6.07, 6.45) is -2.70. The van der Waals surface area contributed by atoms with Gasteiger partial charge in [-0.2, -0.15) is 8.62 Å². The van der Waals surface area contributed by atoms with Gasteiger partial charge in [0, 0.05) is 18.7 Å². The summed E-state index contributed by atoms with van der Waals surface area (Å²) in [6.45, 7) is -1.34. The monoisotopic (exact) mass is 558 g/mol. The molecule has 35 heavy (non-hydrogen) atoms. The first-order valence-electron chi connectivity index (χ1n) is 9.64. The zero-order valence-corrected chi connectivity index (χ0v) is 20.2. The van der Waals surface area contributed by atoms with E-state index < -0.39 is 66.4 Å². The van der Waals surface area contributed by atoms with Gasteiger partial charge in [-0.25, -0.2) is 18.5 Å². The van der Waals surface area contributed by atoms with Crippen LogP contribution in [0.5, 0.6) is 0 Å². The van der Waals surface area contributed by atoms with E-state index in [1.165, 1.54) is 12.1 Å². The van der Waals surface area contributed by atoms with Crippen LogP contribution >= 0.6 is 23.5 Å². The number of ether oxygens (including phenoxy) is 1. The maximum Gasteiger partial charge on any atom is 0.490 e. The van der Waals surface area contributed by atoms with Crippen LogP contribution < -0.4 is 11.2 Å². The quantitative estimate of drug-likeness (QED) is 0.240. The molecule has 5 N–H and O–H groups in total. The van der Waals surface area contributed by atoms with Crippen LogP contribution in [0.1, 0.15) is 18.2 Å². The largest absolute Gasteiger partial charge is 0.490 e. The third-order valence-corrected chi connectivity index (χ3v) is 8.65. The molecule has 0 amide bonds. The number of nitrogens with zero attached hydrogens (tertiary/aromatic N) is 1. The van der Waals surface area contributed by atoms with Gasteiger partial charge in [-0.15, -0.1) is 0 Å². The average molecular weight is 558 g/mol. The van der Waals surface area contributed by atoms with Crippen LogP contribution in [0.3, 0.4) is 0 Å². The molecule has 6 unspecified atom stereocenters. The molecule has 19 heteroatoms. The molecule has 0 saturated carbocycles. The molecular formula is C16H21N2O14P3. The van der Waals surface area contributed by atoms with Gasteiger partial charge in [0.1, 0.15) is 12.3 Å². The highest BCUT2D eigenvalue weighted by Gasteiger charge is 2.43. The summed E-state index contributed by atoms with van der Waals surface area (Å²) >= 11 is 0. The molecule has 0 aliphatic carbocycles. The van der Waals surface area contributed by atoms with Gasteiger partial charge in [0.15, 0.2) is 0 Å². The number of rotatable bonds is 11. The minimum atomic E-state index is -5.66. The molecule has 2 aromatic rings. The molecule has 6 atom stereocenters. The van der Waals surface area contributed by atoms with Gasteiger partial charge >= 0.3 is 29.2 Å². The fourth-order valence-corrected chi connectivity index (χ4v) is 6.41. The van der Waals surface area contributed by atoms with Gasteiger partial charge in [0.05, 0.1) is 19.3 Å². The fraction of sp³-hybridized carbons (Fsp3) is 0.375. The standard InChI is InChI=1S/C16H21N2O14P3/c19-12-8-15(18-7-6-14(20)17-16(18)21)30-13(12)10-29-34(24,25)32-35(26,27)31-33(22,23)28-9-11-4-2-1-3-5-11/h1-7,12-13,15,19H,8-10H2,(H,22,23)(H,24,25)(H,26,27)(H,17,20,21). The number of phosphoric acid groups is 3. The predicted octanol–water partition coefficient (Wildman–Crippen LogP) is 0.753. The van der Waals surface area contributed by atoms with Crippen LogP contribution in [0, 0.1) is 0 Å². The lowest BCUT2D eigenvalue weighted by molar-refractivity contribution is -0.0450. The highest BCUT2D eigenvalue weighted by atomic mass is 31.3. The van der Waals surface area contributed by atoms with Crippen molar-refractivity contribution in [2.24, 2.45) is 0 Å². The first-order chi connectivity index (χ1) is 16.3. The predicted molar refractivity (Wildman–Crippen MR) is 115 cm³/mol. The topological polar surface area (TPSA) is 233 Å². The van der Waals surface area contributed by atoms with Crippen molar-refractivity contribution in [3.63, 3.8) is 0 Å². The van der Waals surface area contributed by atoms with E-state index in [2.05, 4.69) is 17.7 Å². The van der Waals surface area contributed by atoms with Gasteiger partial charge in [-0.05, 0) is 5.56 Å². The van der Waals surface area contributed by atoms with Gasteiger partial charge in [-0.1, -0.05) is 30.3 Å². The second-order valence-electron chi connectivity index (χ2n) is 7.07. The summed E-state index contributed by atoms with van der Waals surface area (Å²) in [5, 5.41) is 10.1. The van der Waals surface area contributed by atoms with Crippen LogP contribution in [-0.4, -0.2) is 48.2 Å². The third kappa shape index (κ3) is 8.40. The normalized spacial score (nSPS) is 25.4. The van der Waals surface area contributed by atoms with Crippen molar-refractivity contribution in [2.75, 3.05) is 6.61 Å². The molecule has 0 spiro atoms. The summed E-state index contributed by atoms with van der Waals surface area (Å²) in [5.41, 5.74) is -1.06. The van der Waals surface area contributed by atoms with Crippen LogP contribution in [0.4, 0.5) is 0 Å². The summed E-state index contributed by atoms with van der Waals surface area (Å²) < 4.78 is 59.3. The Kier molecular flexibility index (Phi) is 8.82. The lowest BCUT2D eigenvalue weighted by Gasteiger charge is -2.20. The minimum Gasteiger partial charge on any atom is -0.390 e. The van der Waals surface area contributed by atoms with Crippen molar-refractivity contribution in [3.05, 3.63) is 69.0 Å². The number of aliphatic hydroxyl groups excluding tert-OH is 1. The Bertz CT molecular complexity index is 1280. The zero-order valence-electron chi connectivity index (χ0n) is 17.6. The number of hydrogen-bond donors (Lipinski definition) is 5. The number of aromatic nitrogens is 2. The maximum absolute atomic E-state index is 12.1. The van der Waals surface area contributed by atoms with Crippen LogP contribution in [0.15, 0.2) is 52.2 Å². The number of H-pyrrole nitrogens is 1. The summed E-state index contributed by atoms with van der Waals surface area (Å²) in [7, 11) is -16.3. The Morgan fingerprint density at radius 3 is 2.23 bits per heavy atom. The Balaban J connectivity index is 1.54. The number of nitrogens with one attached hydrogen (secondary N) is 1. The molecule has 1 aliphatic rings. The highest BCUT2D eigenvalue weighted by Crippen LogP contribution is 2.67. The number of benzene rings is 1. The average Bonchev–Trinajstić information content (AvgIpc) is 3.10. The second-order valence-corrected chi connectivity index (χ2v) is 11.7. The third-order valence-electron chi connectivity index (χ3n) is 4.42. The molecule has 194 valence electrons. The van der Waals surface area contributed by atoms with Crippen molar-refractivity contribution in [1.82, 2.24) is 9.55 Å². The van der Waals surface area contributed by atoms with Crippen LogP contribution in [0.2, 0.25) is 0 Å². The lowest BCUT2D eigenvalue weighted by Crippen LogP contribution is -2.31. The SMILES string of the molecule is O=c1ccn(C2CC(O)C(COP(=O)(O)OP(=O)(O)OP(=O)(O)OCc3ccccc3)O2)c(=O)[nH]1. The smallest absolute Gasteiger partial charge is 0.390 e. The molecule has 16 nitrogen and oxygen atoms in total. The number of aromatic amines is 1. The summed E-state index contributed by atoms with van der Waals surface area (Å²) in [5.74, 6) is 0. The van der Waals surface area contributed by atoms with Crippen molar-refractivity contribution in [2.45, 2.75) is 31.5 Å².